The Morgan fingerprint density at radius 3 is 2.77 bits per heavy atom. The minimum absolute atomic E-state index is 0.121. The summed E-state index contributed by atoms with van der Waals surface area (Å²) in [6.07, 6.45) is 5.96. The summed E-state index contributed by atoms with van der Waals surface area (Å²) >= 11 is 0. The minimum Gasteiger partial charge on any atom is -0.465 e. The van der Waals surface area contributed by atoms with Crippen molar-refractivity contribution in [1.29, 1.82) is 0 Å². The monoisotopic (exact) mass is 299 g/mol. The maximum absolute atomic E-state index is 12.6. The van der Waals surface area contributed by atoms with Crippen molar-refractivity contribution in [2.75, 3.05) is 20.2 Å². The van der Waals surface area contributed by atoms with Gasteiger partial charge in [0.15, 0.2) is 5.78 Å². The first-order valence-corrected chi connectivity index (χ1v) is 7.86. The van der Waals surface area contributed by atoms with Crippen LogP contribution < -0.4 is 5.32 Å². The van der Waals surface area contributed by atoms with Crippen molar-refractivity contribution >= 4 is 11.8 Å². The van der Waals surface area contributed by atoms with Crippen molar-refractivity contribution in [2.45, 2.75) is 25.7 Å². The number of piperidine rings is 1. The highest BCUT2D eigenvalue weighted by Gasteiger charge is 2.24. The average molecular weight is 299 g/mol. The van der Waals surface area contributed by atoms with Crippen LogP contribution in [0.1, 0.15) is 45.5 Å². The third-order valence-electron chi connectivity index (χ3n) is 4.55. The van der Waals surface area contributed by atoms with Gasteiger partial charge in [0.05, 0.1) is 12.7 Å². The summed E-state index contributed by atoms with van der Waals surface area (Å²) in [6, 6.07) is 5.23. The van der Waals surface area contributed by atoms with Crippen LogP contribution in [0.25, 0.3) is 0 Å². The number of hydrogen-bond donors (Lipinski definition) is 1. The smallest absolute Gasteiger partial charge is 0.337 e. The second-order valence-corrected chi connectivity index (χ2v) is 5.97. The number of nitrogens with one attached hydrogen (secondary N) is 1. The fraction of sp³-hybridized carbons (Fsp3) is 0.444. The quantitative estimate of drug-likeness (QED) is 0.673. The van der Waals surface area contributed by atoms with E-state index in [2.05, 4.69) is 11.4 Å². The van der Waals surface area contributed by atoms with E-state index < -0.39 is 0 Å². The van der Waals surface area contributed by atoms with E-state index in [1.54, 1.807) is 18.2 Å². The Kier molecular flexibility index (Phi) is 4.39. The van der Waals surface area contributed by atoms with E-state index in [9.17, 15) is 9.59 Å². The number of carbonyl (C=O) groups excluding carboxylic acids is 2. The van der Waals surface area contributed by atoms with E-state index in [-0.39, 0.29) is 11.8 Å². The van der Waals surface area contributed by atoms with Crippen LogP contribution in [0.4, 0.5) is 0 Å². The number of fused-ring (bicyclic) bond motifs is 1. The molecule has 116 valence electrons. The minimum atomic E-state index is -0.355. The van der Waals surface area contributed by atoms with E-state index >= 15 is 0 Å². The molecule has 1 N–H and O–H groups in total. The highest BCUT2D eigenvalue weighted by molar-refractivity contribution is 6.11. The van der Waals surface area contributed by atoms with Gasteiger partial charge in [-0.05, 0) is 74.0 Å². The number of benzene rings is 1. The summed E-state index contributed by atoms with van der Waals surface area (Å²) < 4.78 is 4.73. The van der Waals surface area contributed by atoms with E-state index in [4.69, 9.17) is 4.74 Å². The lowest BCUT2D eigenvalue weighted by Gasteiger charge is -2.23. The standard InChI is InChI=1S/C18H21NO3/c1-22-18(21)15-4-5-16-13(11-15)2-3-14(17(16)20)10-12-6-8-19-9-7-12/h4-5,10-12,19H,2-3,6-9H2,1H3. The first-order chi connectivity index (χ1) is 10.7. The van der Waals surface area contributed by atoms with Crippen LogP contribution in [0.3, 0.4) is 0 Å². The number of methoxy groups -OCH3 is 1. The highest BCUT2D eigenvalue weighted by atomic mass is 16.5. The van der Waals surface area contributed by atoms with Crippen LogP contribution in [0.5, 0.6) is 0 Å². The van der Waals surface area contributed by atoms with Gasteiger partial charge in [-0.2, -0.15) is 0 Å². The van der Waals surface area contributed by atoms with Gasteiger partial charge in [0.1, 0.15) is 0 Å². The molecule has 0 saturated carbocycles. The maximum Gasteiger partial charge on any atom is 0.337 e. The van der Waals surface area contributed by atoms with Crippen molar-refractivity contribution in [2.24, 2.45) is 5.92 Å². The number of allylic oxidation sites excluding steroid dienone is 2. The number of aryl methyl sites for hydroxylation is 1. The molecule has 1 aliphatic carbocycles. The fourth-order valence-electron chi connectivity index (χ4n) is 3.28. The summed E-state index contributed by atoms with van der Waals surface area (Å²) in [6.45, 7) is 2.06. The van der Waals surface area contributed by atoms with Crippen LogP contribution in [-0.2, 0) is 11.2 Å². The average Bonchev–Trinajstić information content (AvgIpc) is 2.57. The normalized spacial score (nSPS) is 20.8. The third kappa shape index (κ3) is 2.97. The summed E-state index contributed by atoms with van der Waals surface area (Å²) in [5, 5.41) is 3.34. The molecule has 0 bridgehead atoms. The van der Waals surface area contributed by atoms with Crippen LogP contribution in [-0.4, -0.2) is 32.0 Å². The molecule has 2 aliphatic rings. The van der Waals surface area contributed by atoms with Crippen molar-refractivity contribution in [3.8, 4) is 0 Å². The van der Waals surface area contributed by atoms with Gasteiger partial charge in [-0.1, -0.05) is 6.08 Å². The molecule has 3 rings (SSSR count). The number of ketones is 1. The van der Waals surface area contributed by atoms with Crippen molar-refractivity contribution in [3.63, 3.8) is 0 Å². The van der Waals surface area contributed by atoms with Gasteiger partial charge in [0, 0.05) is 5.56 Å². The molecule has 0 amide bonds. The van der Waals surface area contributed by atoms with Crippen LogP contribution >= 0.6 is 0 Å². The van der Waals surface area contributed by atoms with Crippen LogP contribution in [0, 0.1) is 5.92 Å². The zero-order valence-electron chi connectivity index (χ0n) is 12.9. The Hall–Kier alpha value is -1.94. The molecular formula is C18H21NO3. The number of ether oxygens (including phenoxy) is 1. The second-order valence-electron chi connectivity index (χ2n) is 5.97. The lowest BCUT2D eigenvalue weighted by atomic mass is 9.83. The molecule has 4 heteroatoms. The summed E-state index contributed by atoms with van der Waals surface area (Å²) in [7, 11) is 1.37. The lowest BCUT2D eigenvalue weighted by molar-refractivity contribution is 0.0600. The molecule has 1 aliphatic heterocycles. The molecule has 0 unspecified atom stereocenters. The molecule has 1 aromatic rings. The van der Waals surface area contributed by atoms with Crippen molar-refractivity contribution in [3.05, 3.63) is 46.5 Å². The summed E-state index contributed by atoms with van der Waals surface area (Å²) in [5.41, 5.74) is 3.14. The lowest BCUT2D eigenvalue weighted by Crippen LogP contribution is -2.27. The van der Waals surface area contributed by atoms with Crippen molar-refractivity contribution < 1.29 is 14.3 Å². The zero-order valence-corrected chi connectivity index (χ0v) is 12.9. The molecule has 4 nitrogen and oxygen atoms in total. The molecule has 1 fully saturated rings. The second kappa shape index (κ2) is 6.44. The van der Waals surface area contributed by atoms with Crippen LogP contribution in [0.2, 0.25) is 0 Å². The Bertz CT molecular complexity index is 627. The zero-order chi connectivity index (χ0) is 15.5. The Balaban J connectivity index is 1.83. The topological polar surface area (TPSA) is 55.4 Å². The van der Waals surface area contributed by atoms with Crippen molar-refractivity contribution in [1.82, 2.24) is 5.32 Å². The number of rotatable bonds is 2. The first kappa shape index (κ1) is 15.0. The SMILES string of the molecule is COC(=O)c1ccc2c(c1)CCC(=CC1CCNCC1)C2=O. The van der Waals surface area contributed by atoms with Gasteiger partial charge < -0.3 is 10.1 Å². The summed E-state index contributed by atoms with van der Waals surface area (Å²) in [4.78, 5) is 24.2. The Morgan fingerprint density at radius 1 is 1.27 bits per heavy atom. The third-order valence-corrected chi connectivity index (χ3v) is 4.55. The number of esters is 1. The predicted octanol–water partition coefficient (Wildman–Crippen LogP) is 2.53. The van der Waals surface area contributed by atoms with Gasteiger partial charge in [-0.15, -0.1) is 0 Å². The van der Waals surface area contributed by atoms with Gasteiger partial charge >= 0.3 is 5.97 Å². The summed E-state index contributed by atoms with van der Waals surface area (Å²) in [5.74, 6) is 0.276. The fourth-order valence-corrected chi connectivity index (χ4v) is 3.28. The predicted molar refractivity (Wildman–Crippen MR) is 84.1 cm³/mol. The van der Waals surface area contributed by atoms with Crippen LogP contribution in [0.15, 0.2) is 29.8 Å². The highest BCUT2D eigenvalue weighted by Crippen LogP contribution is 2.28. The number of hydrogen-bond acceptors (Lipinski definition) is 4. The molecule has 1 heterocycles. The Labute approximate surface area is 130 Å². The first-order valence-electron chi connectivity index (χ1n) is 7.86. The number of Topliss-reactive ketones (excluding diaryl/α,β-unsaturated/α-hetero) is 1. The van der Waals surface area contributed by atoms with Gasteiger partial charge in [0.2, 0.25) is 0 Å². The molecule has 0 spiro atoms. The molecule has 22 heavy (non-hydrogen) atoms. The molecular weight excluding hydrogens is 278 g/mol. The molecule has 0 aromatic heterocycles. The maximum atomic E-state index is 12.6. The van der Waals surface area contributed by atoms with E-state index in [1.807, 2.05) is 0 Å². The van der Waals surface area contributed by atoms with Gasteiger partial charge in [-0.25, -0.2) is 4.79 Å². The Morgan fingerprint density at radius 2 is 2.05 bits per heavy atom. The molecule has 0 radical (unpaired) electrons. The van der Waals surface area contributed by atoms with E-state index in [0.29, 0.717) is 11.5 Å². The number of carbonyl (C=O) groups is 2. The van der Waals surface area contributed by atoms with Gasteiger partial charge in [-0.3, -0.25) is 4.79 Å². The molecule has 1 saturated heterocycles. The van der Waals surface area contributed by atoms with Gasteiger partial charge in [0.25, 0.3) is 0 Å². The van der Waals surface area contributed by atoms with E-state index in [0.717, 1.165) is 55.5 Å². The largest absolute Gasteiger partial charge is 0.465 e. The molecule has 1 aromatic carbocycles. The van der Waals surface area contributed by atoms with E-state index in [1.165, 1.54) is 7.11 Å². The molecule has 0 atom stereocenters.